The quantitative estimate of drug-likeness (QED) is 0.560. The van der Waals surface area contributed by atoms with E-state index in [2.05, 4.69) is 17.0 Å². The zero-order valence-electron chi connectivity index (χ0n) is 18.0. The summed E-state index contributed by atoms with van der Waals surface area (Å²) in [5.74, 6) is 1.56. The first-order valence-electron chi connectivity index (χ1n) is 10.7. The second kappa shape index (κ2) is 11.6. The van der Waals surface area contributed by atoms with E-state index in [0.29, 0.717) is 50.8 Å². The molecule has 2 aromatic carbocycles. The molecule has 0 N–H and O–H groups in total. The van der Waals surface area contributed by atoms with E-state index in [1.54, 1.807) is 0 Å². The van der Waals surface area contributed by atoms with E-state index < -0.39 is 0 Å². The molecule has 1 fully saturated rings. The van der Waals surface area contributed by atoms with Crippen molar-refractivity contribution in [2.24, 2.45) is 0 Å². The summed E-state index contributed by atoms with van der Waals surface area (Å²) >= 11 is 0. The van der Waals surface area contributed by atoms with Crippen molar-refractivity contribution in [2.75, 3.05) is 52.6 Å². The van der Waals surface area contributed by atoms with Crippen LogP contribution in [-0.2, 0) is 11.3 Å². The third-order valence-corrected chi connectivity index (χ3v) is 5.11. The molecule has 1 aliphatic rings. The van der Waals surface area contributed by atoms with Gasteiger partial charge in [-0.2, -0.15) is 0 Å². The van der Waals surface area contributed by atoms with Crippen molar-refractivity contribution in [1.29, 1.82) is 0 Å². The van der Waals surface area contributed by atoms with Crippen LogP contribution in [-0.4, -0.2) is 68.3 Å². The fourth-order valence-corrected chi connectivity index (χ4v) is 3.52. The predicted molar refractivity (Wildman–Crippen MR) is 117 cm³/mol. The topological polar surface area (TPSA) is 51.2 Å². The number of nitrogens with zero attached hydrogens (tertiary/aromatic N) is 2. The minimum absolute atomic E-state index is 0.0303. The van der Waals surface area contributed by atoms with Crippen LogP contribution in [0.2, 0.25) is 0 Å². The van der Waals surface area contributed by atoms with Crippen LogP contribution < -0.4 is 9.47 Å². The normalized spacial score (nSPS) is 14.5. The highest BCUT2D eigenvalue weighted by Gasteiger charge is 2.24. The lowest BCUT2D eigenvalue weighted by Gasteiger charge is -2.35. The van der Waals surface area contributed by atoms with Gasteiger partial charge in [0.2, 0.25) is 0 Å². The van der Waals surface area contributed by atoms with E-state index in [1.807, 2.05) is 55.1 Å². The molecule has 162 valence electrons. The molecular formula is C24H32N2O4. The molecule has 0 aromatic heterocycles. The van der Waals surface area contributed by atoms with Crippen molar-refractivity contribution in [3.05, 3.63) is 59.7 Å². The summed E-state index contributed by atoms with van der Waals surface area (Å²) < 4.78 is 16.6. The molecule has 1 aliphatic heterocycles. The van der Waals surface area contributed by atoms with E-state index in [9.17, 15) is 4.79 Å². The Bertz CT molecular complexity index is 786. The Labute approximate surface area is 179 Å². The number of hydrogen-bond acceptors (Lipinski definition) is 5. The molecular weight excluding hydrogens is 380 g/mol. The number of amides is 1. The van der Waals surface area contributed by atoms with Gasteiger partial charge in [-0.25, -0.2) is 0 Å². The van der Waals surface area contributed by atoms with Crippen LogP contribution in [0.15, 0.2) is 48.5 Å². The van der Waals surface area contributed by atoms with Crippen LogP contribution in [0.3, 0.4) is 0 Å². The molecule has 1 heterocycles. The first kappa shape index (κ1) is 22.1. The number of rotatable bonds is 10. The smallest absolute Gasteiger partial charge is 0.257 e. The minimum Gasteiger partial charge on any atom is -0.494 e. The Kier molecular flexibility index (Phi) is 8.53. The van der Waals surface area contributed by atoms with Crippen LogP contribution in [0, 0.1) is 0 Å². The van der Waals surface area contributed by atoms with Crippen LogP contribution in [0.1, 0.15) is 29.8 Å². The van der Waals surface area contributed by atoms with Crippen LogP contribution in [0.5, 0.6) is 11.5 Å². The molecule has 1 amide bonds. The van der Waals surface area contributed by atoms with Gasteiger partial charge in [0.05, 0.1) is 18.8 Å². The van der Waals surface area contributed by atoms with Gasteiger partial charge in [-0.05, 0) is 43.7 Å². The minimum atomic E-state index is 0.0303. The summed E-state index contributed by atoms with van der Waals surface area (Å²) in [7, 11) is 0. The third kappa shape index (κ3) is 6.21. The molecule has 6 nitrogen and oxygen atoms in total. The summed E-state index contributed by atoms with van der Waals surface area (Å²) in [6.45, 7) is 10.2. The Morgan fingerprint density at radius 1 is 0.867 bits per heavy atom. The maximum Gasteiger partial charge on any atom is 0.257 e. The third-order valence-electron chi connectivity index (χ3n) is 5.11. The molecule has 6 heteroatoms. The maximum atomic E-state index is 13.1. The van der Waals surface area contributed by atoms with Crippen LogP contribution in [0.4, 0.5) is 0 Å². The molecule has 0 atom stereocenters. The molecule has 0 saturated carbocycles. The second-order valence-electron chi connectivity index (χ2n) is 7.19. The average molecular weight is 413 g/mol. The average Bonchev–Trinajstić information content (AvgIpc) is 2.79. The predicted octanol–water partition coefficient (Wildman–Crippen LogP) is 3.46. The maximum absolute atomic E-state index is 13.1. The highest BCUT2D eigenvalue weighted by Crippen LogP contribution is 2.21. The molecule has 0 unspecified atom stereocenters. The zero-order valence-corrected chi connectivity index (χ0v) is 18.0. The van der Waals surface area contributed by atoms with Crippen molar-refractivity contribution in [3.8, 4) is 11.5 Å². The van der Waals surface area contributed by atoms with Gasteiger partial charge in [0.1, 0.15) is 18.1 Å². The van der Waals surface area contributed by atoms with Gasteiger partial charge < -0.3 is 19.1 Å². The van der Waals surface area contributed by atoms with E-state index in [-0.39, 0.29) is 5.91 Å². The van der Waals surface area contributed by atoms with Crippen molar-refractivity contribution in [3.63, 3.8) is 0 Å². The van der Waals surface area contributed by atoms with Crippen molar-refractivity contribution in [2.45, 2.75) is 20.4 Å². The van der Waals surface area contributed by atoms with Gasteiger partial charge in [0, 0.05) is 39.3 Å². The Morgan fingerprint density at radius 2 is 1.60 bits per heavy atom. The second-order valence-corrected chi connectivity index (χ2v) is 7.19. The Morgan fingerprint density at radius 3 is 2.30 bits per heavy atom. The number of piperazine rings is 1. The summed E-state index contributed by atoms with van der Waals surface area (Å²) in [5, 5.41) is 0. The first-order chi connectivity index (χ1) is 14.7. The number of hydrogen-bond donors (Lipinski definition) is 0. The SMILES string of the molecule is CCOCCOc1ccccc1C(=O)N1CCN(Cc2ccc(OCC)cc2)CC1. The van der Waals surface area contributed by atoms with Gasteiger partial charge in [-0.15, -0.1) is 0 Å². The van der Waals surface area contributed by atoms with Crippen molar-refractivity contribution in [1.82, 2.24) is 9.80 Å². The summed E-state index contributed by atoms with van der Waals surface area (Å²) in [4.78, 5) is 17.4. The lowest BCUT2D eigenvalue weighted by Crippen LogP contribution is -2.48. The largest absolute Gasteiger partial charge is 0.494 e. The van der Waals surface area contributed by atoms with Gasteiger partial charge in [-0.1, -0.05) is 24.3 Å². The zero-order chi connectivity index (χ0) is 21.2. The fraction of sp³-hybridized carbons (Fsp3) is 0.458. The van der Waals surface area contributed by atoms with Gasteiger partial charge in [0.15, 0.2) is 0 Å². The van der Waals surface area contributed by atoms with Crippen LogP contribution >= 0.6 is 0 Å². The number of ether oxygens (including phenoxy) is 3. The molecule has 3 rings (SSSR count). The summed E-state index contributed by atoms with van der Waals surface area (Å²) in [6, 6.07) is 15.7. The molecule has 2 aromatic rings. The molecule has 0 bridgehead atoms. The number of benzene rings is 2. The molecule has 0 radical (unpaired) electrons. The standard InChI is InChI=1S/C24H32N2O4/c1-3-28-17-18-30-23-8-6-5-7-22(23)24(27)26-15-13-25(14-16-26)19-20-9-11-21(12-10-20)29-4-2/h5-12H,3-4,13-19H2,1-2H3. The fourth-order valence-electron chi connectivity index (χ4n) is 3.52. The van der Waals surface area contributed by atoms with Crippen molar-refractivity contribution < 1.29 is 19.0 Å². The lowest BCUT2D eigenvalue weighted by atomic mass is 10.1. The highest BCUT2D eigenvalue weighted by molar-refractivity contribution is 5.97. The van der Waals surface area contributed by atoms with E-state index in [1.165, 1.54) is 5.56 Å². The van der Waals surface area contributed by atoms with Gasteiger partial charge in [-0.3, -0.25) is 9.69 Å². The molecule has 0 spiro atoms. The summed E-state index contributed by atoms with van der Waals surface area (Å²) in [6.07, 6.45) is 0. The number of carbonyl (C=O) groups is 1. The van der Waals surface area contributed by atoms with Gasteiger partial charge >= 0.3 is 0 Å². The summed E-state index contributed by atoms with van der Waals surface area (Å²) in [5.41, 5.74) is 1.88. The van der Waals surface area contributed by atoms with E-state index >= 15 is 0 Å². The number of carbonyl (C=O) groups excluding carboxylic acids is 1. The molecule has 1 saturated heterocycles. The van der Waals surface area contributed by atoms with Gasteiger partial charge in [0.25, 0.3) is 5.91 Å². The van der Waals surface area contributed by atoms with Crippen molar-refractivity contribution >= 4 is 5.91 Å². The van der Waals surface area contributed by atoms with Crippen LogP contribution in [0.25, 0.3) is 0 Å². The molecule has 30 heavy (non-hydrogen) atoms. The molecule has 0 aliphatic carbocycles. The monoisotopic (exact) mass is 412 g/mol. The Balaban J connectivity index is 1.51. The van der Waals surface area contributed by atoms with E-state index in [0.717, 1.165) is 25.4 Å². The Hall–Kier alpha value is -2.57. The first-order valence-corrected chi connectivity index (χ1v) is 10.7. The number of para-hydroxylation sites is 1. The van der Waals surface area contributed by atoms with E-state index in [4.69, 9.17) is 14.2 Å². The highest BCUT2D eigenvalue weighted by atomic mass is 16.5. The lowest BCUT2D eigenvalue weighted by molar-refractivity contribution is 0.0620.